The van der Waals surface area contributed by atoms with E-state index in [4.69, 9.17) is 4.52 Å². The van der Waals surface area contributed by atoms with Gasteiger partial charge in [0.05, 0.1) is 17.2 Å². The van der Waals surface area contributed by atoms with Crippen LogP contribution in [0.3, 0.4) is 0 Å². The predicted molar refractivity (Wildman–Crippen MR) is 84.0 cm³/mol. The van der Waals surface area contributed by atoms with Crippen LogP contribution in [0.2, 0.25) is 0 Å². The van der Waals surface area contributed by atoms with Crippen molar-refractivity contribution < 1.29 is 4.52 Å². The van der Waals surface area contributed by atoms with Crippen LogP contribution in [0.5, 0.6) is 0 Å². The molecule has 0 saturated heterocycles. The Balaban J connectivity index is 1.67. The second-order valence-electron chi connectivity index (χ2n) is 4.94. The molecule has 1 atom stereocenters. The SMILES string of the molecule is Cc1ncsc1CNC(C)c1cc(-c2ccccc2)no1. The molecule has 2 heterocycles. The fraction of sp³-hybridized carbons (Fsp3) is 0.250. The highest BCUT2D eigenvalue weighted by Crippen LogP contribution is 2.22. The number of aryl methyl sites for hydroxylation is 1. The molecule has 0 aliphatic heterocycles. The summed E-state index contributed by atoms with van der Waals surface area (Å²) in [5.41, 5.74) is 4.90. The van der Waals surface area contributed by atoms with Gasteiger partial charge in [0.2, 0.25) is 0 Å². The van der Waals surface area contributed by atoms with Gasteiger partial charge in [-0.15, -0.1) is 11.3 Å². The van der Waals surface area contributed by atoms with Crippen LogP contribution >= 0.6 is 11.3 Å². The van der Waals surface area contributed by atoms with Crippen LogP contribution in [0.25, 0.3) is 11.3 Å². The standard InChI is InChI=1S/C16H17N3OS/c1-11(17-9-16-12(2)18-10-21-16)15-8-14(19-20-15)13-6-4-3-5-7-13/h3-8,10-11,17H,9H2,1-2H3. The normalized spacial score (nSPS) is 12.5. The van der Waals surface area contributed by atoms with Crippen molar-refractivity contribution in [2.75, 3.05) is 0 Å². The van der Waals surface area contributed by atoms with Crippen LogP contribution in [0.4, 0.5) is 0 Å². The van der Waals surface area contributed by atoms with Gasteiger partial charge in [-0.3, -0.25) is 0 Å². The van der Waals surface area contributed by atoms with Crippen LogP contribution in [-0.4, -0.2) is 10.1 Å². The molecule has 2 aromatic heterocycles. The Hall–Kier alpha value is -1.98. The number of aromatic nitrogens is 2. The number of nitrogens with zero attached hydrogens (tertiary/aromatic N) is 2. The lowest BCUT2D eigenvalue weighted by molar-refractivity contribution is 0.347. The van der Waals surface area contributed by atoms with Crippen LogP contribution in [0.15, 0.2) is 46.4 Å². The summed E-state index contributed by atoms with van der Waals surface area (Å²) < 4.78 is 5.46. The number of benzene rings is 1. The first-order chi connectivity index (χ1) is 10.2. The third-order valence-corrected chi connectivity index (χ3v) is 4.37. The first kappa shape index (κ1) is 14.0. The minimum absolute atomic E-state index is 0.108. The molecule has 4 nitrogen and oxygen atoms in total. The summed E-state index contributed by atoms with van der Waals surface area (Å²) in [6, 6.07) is 12.1. The summed E-state index contributed by atoms with van der Waals surface area (Å²) >= 11 is 1.67. The largest absolute Gasteiger partial charge is 0.359 e. The predicted octanol–water partition coefficient (Wildman–Crippen LogP) is 3.96. The zero-order valence-electron chi connectivity index (χ0n) is 12.0. The lowest BCUT2D eigenvalue weighted by atomic mass is 10.1. The highest BCUT2D eigenvalue weighted by molar-refractivity contribution is 7.09. The molecular weight excluding hydrogens is 282 g/mol. The smallest absolute Gasteiger partial charge is 0.153 e. The van der Waals surface area contributed by atoms with Gasteiger partial charge in [-0.05, 0) is 13.8 Å². The van der Waals surface area contributed by atoms with E-state index in [-0.39, 0.29) is 6.04 Å². The van der Waals surface area contributed by atoms with Crippen molar-refractivity contribution >= 4 is 11.3 Å². The van der Waals surface area contributed by atoms with E-state index in [1.807, 2.05) is 48.8 Å². The topological polar surface area (TPSA) is 51.0 Å². The van der Waals surface area contributed by atoms with Crippen molar-refractivity contribution in [1.82, 2.24) is 15.5 Å². The summed E-state index contributed by atoms with van der Waals surface area (Å²) in [5.74, 6) is 0.844. The Labute approximate surface area is 127 Å². The van der Waals surface area contributed by atoms with Crippen LogP contribution in [0, 0.1) is 6.92 Å². The van der Waals surface area contributed by atoms with Gasteiger partial charge in [0.25, 0.3) is 0 Å². The second kappa shape index (κ2) is 6.20. The lowest BCUT2D eigenvalue weighted by Gasteiger charge is -2.09. The molecule has 0 aliphatic rings. The Kier molecular flexibility index (Phi) is 4.13. The fourth-order valence-electron chi connectivity index (χ4n) is 2.08. The van der Waals surface area contributed by atoms with Gasteiger partial charge in [-0.25, -0.2) is 4.98 Å². The Bertz CT molecular complexity index is 705. The number of hydrogen-bond donors (Lipinski definition) is 1. The van der Waals surface area contributed by atoms with Gasteiger partial charge in [0, 0.05) is 23.1 Å². The average Bonchev–Trinajstić information content (AvgIpc) is 3.15. The second-order valence-corrected chi connectivity index (χ2v) is 5.88. The quantitative estimate of drug-likeness (QED) is 0.775. The third kappa shape index (κ3) is 3.20. The van der Waals surface area contributed by atoms with E-state index in [1.54, 1.807) is 11.3 Å². The lowest BCUT2D eigenvalue weighted by Crippen LogP contribution is -2.17. The monoisotopic (exact) mass is 299 g/mol. The van der Waals surface area contributed by atoms with Crippen molar-refractivity contribution in [2.24, 2.45) is 0 Å². The summed E-state index contributed by atoms with van der Waals surface area (Å²) in [6.45, 7) is 4.89. The molecule has 1 N–H and O–H groups in total. The maximum Gasteiger partial charge on any atom is 0.153 e. The van der Waals surface area contributed by atoms with Gasteiger partial charge in [0.1, 0.15) is 5.69 Å². The molecule has 0 fully saturated rings. The van der Waals surface area contributed by atoms with Crippen molar-refractivity contribution in [1.29, 1.82) is 0 Å². The van der Waals surface area contributed by atoms with E-state index in [0.29, 0.717) is 0 Å². The van der Waals surface area contributed by atoms with Gasteiger partial charge in [-0.2, -0.15) is 0 Å². The summed E-state index contributed by atoms with van der Waals surface area (Å²) in [5, 5.41) is 7.59. The molecule has 21 heavy (non-hydrogen) atoms. The molecule has 3 rings (SSSR count). The van der Waals surface area contributed by atoms with E-state index in [2.05, 4.69) is 22.4 Å². The average molecular weight is 299 g/mol. The van der Waals surface area contributed by atoms with E-state index in [0.717, 1.165) is 29.3 Å². The van der Waals surface area contributed by atoms with Crippen molar-refractivity contribution in [3.05, 3.63) is 58.2 Å². The molecule has 3 aromatic rings. The first-order valence-electron chi connectivity index (χ1n) is 6.88. The molecular formula is C16H17N3OS. The molecule has 1 unspecified atom stereocenters. The molecule has 108 valence electrons. The zero-order chi connectivity index (χ0) is 14.7. The van der Waals surface area contributed by atoms with Crippen molar-refractivity contribution in [3.8, 4) is 11.3 Å². The summed E-state index contributed by atoms with van der Waals surface area (Å²) in [7, 11) is 0. The molecule has 0 spiro atoms. The van der Waals surface area contributed by atoms with Crippen molar-refractivity contribution in [3.63, 3.8) is 0 Å². The molecule has 0 saturated carbocycles. The van der Waals surface area contributed by atoms with Gasteiger partial charge < -0.3 is 9.84 Å². The minimum Gasteiger partial charge on any atom is -0.359 e. The van der Waals surface area contributed by atoms with E-state index >= 15 is 0 Å². The Morgan fingerprint density at radius 2 is 2.10 bits per heavy atom. The number of rotatable bonds is 5. The van der Waals surface area contributed by atoms with E-state index < -0.39 is 0 Å². The minimum atomic E-state index is 0.108. The van der Waals surface area contributed by atoms with Gasteiger partial charge in [0.15, 0.2) is 5.76 Å². The highest BCUT2D eigenvalue weighted by Gasteiger charge is 2.13. The Morgan fingerprint density at radius 3 is 2.81 bits per heavy atom. The van der Waals surface area contributed by atoms with Crippen LogP contribution < -0.4 is 5.32 Å². The maximum absolute atomic E-state index is 5.46. The molecule has 0 bridgehead atoms. The Morgan fingerprint density at radius 1 is 1.29 bits per heavy atom. The molecule has 0 aliphatic carbocycles. The van der Waals surface area contributed by atoms with Crippen molar-refractivity contribution in [2.45, 2.75) is 26.4 Å². The molecule has 5 heteroatoms. The maximum atomic E-state index is 5.46. The van der Waals surface area contributed by atoms with Crippen LogP contribution in [-0.2, 0) is 6.54 Å². The van der Waals surface area contributed by atoms with Gasteiger partial charge in [-0.1, -0.05) is 35.5 Å². The molecule has 0 radical (unpaired) electrons. The van der Waals surface area contributed by atoms with Crippen LogP contribution in [0.1, 0.15) is 29.3 Å². The van der Waals surface area contributed by atoms with Gasteiger partial charge >= 0.3 is 0 Å². The third-order valence-electron chi connectivity index (χ3n) is 3.44. The number of thiazole rings is 1. The number of hydrogen-bond acceptors (Lipinski definition) is 5. The summed E-state index contributed by atoms with van der Waals surface area (Å²) in [6.07, 6.45) is 0. The highest BCUT2D eigenvalue weighted by atomic mass is 32.1. The fourth-order valence-corrected chi connectivity index (χ4v) is 2.81. The van der Waals surface area contributed by atoms with E-state index in [1.165, 1.54) is 4.88 Å². The number of nitrogens with one attached hydrogen (secondary N) is 1. The molecule has 0 amide bonds. The zero-order valence-corrected chi connectivity index (χ0v) is 12.9. The molecule has 1 aromatic carbocycles. The first-order valence-corrected chi connectivity index (χ1v) is 7.76. The van der Waals surface area contributed by atoms with E-state index in [9.17, 15) is 0 Å². The summed E-state index contributed by atoms with van der Waals surface area (Å²) in [4.78, 5) is 5.51.